The molecule has 0 aromatic heterocycles. The first-order valence-electron chi connectivity index (χ1n) is 10.8. The van der Waals surface area contributed by atoms with Gasteiger partial charge in [-0.15, -0.1) is 0 Å². The number of hydrogen-bond acceptors (Lipinski definition) is 1. The fourth-order valence-corrected chi connectivity index (χ4v) is 4.55. The van der Waals surface area contributed by atoms with Gasteiger partial charge in [-0.1, -0.05) is 84.5 Å². The Morgan fingerprint density at radius 2 is 1.17 bits per heavy atom. The molecular weight excluding hydrogens is 278 g/mol. The highest BCUT2D eigenvalue weighted by Gasteiger charge is 2.27. The van der Waals surface area contributed by atoms with Crippen LogP contribution in [0.2, 0.25) is 0 Å². The summed E-state index contributed by atoms with van der Waals surface area (Å²) < 4.78 is 0. The molecule has 0 heterocycles. The maximum atomic E-state index is 2.46. The molecule has 1 unspecified atom stereocenters. The molecule has 0 aromatic rings. The first-order valence-corrected chi connectivity index (χ1v) is 10.8. The molecule has 0 N–H and O–H groups in total. The van der Waals surface area contributed by atoms with Gasteiger partial charge < -0.3 is 4.90 Å². The van der Waals surface area contributed by atoms with Gasteiger partial charge in [-0.25, -0.2) is 0 Å². The second-order valence-electron chi connectivity index (χ2n) is 8.34. The average molecular weight is 324 g/mol. The fourth-order valence-electron chi connectivity index (χ4n) is 4.55. The van der Waals surface area contributed by atoms with Gasteiger partial charge in [0, 0.05) is 6.04 Å². The molecule has 1 heteroatoms. The standard InChI is InChI=1S/C22H45N/c1-5-7-9-11-13-15-20(14-12-10-8-6-2)21-16-18-22(19-17-21)23(3)4/h20-22H,5-19H2,1-4H3/t20?,21-,22-. The van der Waals surface area contributed by atoms with Crippen LogP contribution in [0.15, 0.2) is 0 Å². The first kappa shape index (κ1) is 21.0. The molecule has 138 valence electrons. The van der Waals surface area contributed by atoms with Crippen molar-refractivity contribution in [3.05, 3.63) is 0 Å². The highest BCUT2D eigenvalue weighted by atomic mass is 15.1. The maximum Gasteiger partial charge on any atom is 0.00893 e. The van der Waals surface area contributed by atoms with Crippen LogP contribution in [0.25, 0.3) is 0 Å². The quantitative estimate of drug-likeness (QED) is 0.328. The lowest BCUT2D eigenvalue weighted by Gasteiger charge is -2.36. The van der Waals surface area contributed by atoms with Crippen LogP contribution < -0.4 is 0 Å². The van der Waals surface area contributed by atoms with Gasteiger partial charge in [0.15, 0.2) is 0 Å². The van der Waals surface area contributed by atoms with Gasteiger partial charge in [-0.2, -0.15) is 0 Å². The van der Waals surface area contributed by atoms with E-state index in [4.69, 9.17) is 0 Å². The van der Waals surface area contributed by atoms with E-state index in [0.717, 1.165) is 17.9 Å². The second-order valence-corrected chi connectivity index (χ2v) is 8.34. The summed E-state index contributed by atoms with van der Waals surface area (Å²) in [6.45, 7) is 4.65. The van der Waals surface area contributed by atoms with Gasteiger partial charge in [0.05, 0.1) is 0 Å². The van der Waals surface area contributed by atoms with Gasteiger partial charge in [0.25, 0.3) is 0 Å². The highest BCUT2D eigenvalue weighted by Crippen LogP contribution is 2.37. The third-order valence-corrected chi connectivity index (χ3v) is 6.25. The van der Waals surface area contributed by atoms with Gasteiger partial charge in [-0.3, -0.25) is 0 Å². The Labute approximate surface area is 147 Å². The van der Waals surface area contributed by atoms with E-state index in [9.17, 15) is 0 Å². The van der Waals surface area contributed by atoms with E-state index >= 15 is 0 Å². The van der Waals surface area contributed by atoms with Crippen molar-refractivity contribution in [3.63, 3.8) is 0 Å². The van der Waals surface area contributed by atoms with Gasteiger partial charge in [-0.05, 0) is 51.6 Å². The lowest BCUT2D eigenvalue weighted by molar-refractivity contribution is 0.146. The summed E-state index contributed by atoms with van der Waals surface area (Å²) in [5.41, 5.74) is 0. The second kappa shape index (κ2) is 13.3. The van der Waals surface area contributed by atoms with Crippen LogP contribution in [-0.4, -0.2) is 25.0 Å². The van der Waals surface area contributed by atoms with E-state index < -0.39 is 0 Å². The van der Waals surface area contributed by atoms with Crippen LogP contribution in [0.3, 0.4) is 0 Å². The zero-order valence-corrected chi connectivity index (χ0v) is 16.8. The van der Waals surface area contributed by atoms with Crippen LogP contribution >= 0.6 is 0 Å². The van der Waals surface area contributed by atoms with Crippen molar-refractivity contribution in [2.45, 2.75) is 116 Å². The van der Waals surface area contributed by atoms with Crippen molar-refractivity contribution >= 4 is 0 Å². The molecule has 1 saturated carbocycles. The van der Waals surface area contributed by atoms with Crippen LogP contribution in [0.5, 0.6) is 0 Å². The molecule has 1 aliphatic rings. The minimum absolute atomic E-state index is 0.858. The van der Waals surface area contributed by atoms with E-state index in [1.165, 1.54) is 96.3 Å². The topological polar surface area (TPSA) is 3.24 Å². The zero-order chi connectivity index (χ0) is 16.9. The summed E-state index contributed by atoms with van der Waals surface area (Å²) in [5.74, 6) is 2.08. The third-order valence-electron chi connectivity index (χ3n) is 6.25. The smallest absolute Gasteiger partial charge is 0.00893 e. The molecule has 0 bridgehead atoms. The SMILES string of the molecule is CCCCCCCC(CCCCCC)[C@H]1CC[C@H](N(C)C)CC1. The summed E-state index contributed by atoms with van der Waals surface area (Å²) in [7, 11) is 4.53. The summed E-state index contributed by atoms with van der Waals surface area (Å²) in [6, 6.07) is 0.858. The van der Waals surface area contributed by atoms with Gasteiger partial charge >= 0.3 is 0 Å². The normalized spacial score (nSPS) is 23.3. The molecule has 1 aliphatic carbocycles. The molecule has 0 amide bonds. The number of rotatable bonds is 13. The largest absolute Gasteiger partial charge is 0.306 e. The Hall–Kier alpha value is -0.0400. The minimum atomic E-state index is 0.858. The molecule has 1 atom stereocenters. The van der Waals surface area contributed by atoms with Gasteiger partial charge in [0.2, 0.25) is 0 Å². The monoisotopic (exact) mass is 323 g/mol. The van der Waals surface area contributed by atoms with Crippen molar-refractivity contribution in [2.24, 2.45) is 11.8 Å². The molecule has 23 heavy (non-hydrogen) atoms. The summed E-state index contributed by atoms with van der Waals surface area (Å²) >= 11 is 0. The average Bonchev–Trinajstić information content (AvgIpc) is 2.56. The predicted molar refractivity (Wildman–Crippen MR) is 105 cm³/mol. The molecule has 0 aliphatic heterocycles. The molecule has 0 aromatic carbocycles. The summed E-state index contributed by atoms with van der Waals surface area (Å²) in [6.07, 6.45) is 21.9. The summed E-state index contributed by atoms with van der Waals surface area (Å²) in [5, 5.41) is 0. The predicted octanol–water partition coefficient (Wildman–Crippen LogP) is 7.05. The van der Waals surface area contributed by atoms with Crippen molar-refractivity contribution in [2.75, 3.05) is 14.1 Å². The fraction of sp³-hybridized carbons (Fsp3) is 1.00. The number of unbranched alkanes of at least 4 members (excludes halogenated alkanes) is 7. The number of nitrogens with zero attached hydrogens (tertiary/aromatic N) is 1. The van der Waals surface area contributed by atoms with Crippen LogP contribution in [-0.2, 0) is 0 Å². The molecule has 0 spiro atoms. The van der Waals surface area contributed by atoms with Crippen LogP contribution in [0.1, 0.15) is 110 Å². The Balaban J connectivity index is 2.34. The lowest BCUT2D eigenvalue weighted by atomic mass is 9.74. The van der Waals surface area contributed by atoms with Crippen LogP contribution in [0.4, 0.5) is 0 Å². The van der Waals surface area contributed by atoms with E-state index in [1.807, 2.05) is 0 Å². The van der Waals surface area contributed by atoms with Crippen molar-refractivity contribution in [3.8, 4) is 0 Å². The highest BCUT2D eigenvalue weighted by molar-refractivity contribution is 4.81. The zero-order valence-electron chi connectivity index (χ0n) is 16.8. The maximum absolute atomic E-state index is 2.46. The first-order chi connectivity index (χ1) is 11.2. The number of hydrogen-bond donors (Lipinski definition) is 0. The molecule has 1 rings (SSSR count). The Kier molecular flexibility index (Phi) is 12.1. The van der Waals surface area contributed by atoms with Crippen molar-refractivity contribution in [1.29, 1.82) is 0 Å². The van der Waals surface area contributed by atoms with E-state index in [-0.39, 0.29) is 0 Å². The molecular formula is C22H45N. The van der Waals surface area contributed by atoms with E-state index in [1.54, 1.807) is 0 Å². The Bertz CT molecular complexity index is 253. The van der Waals surface area contributed by atoms with E-state index in [0.29, 0.717) is 0 Å². The van der Waals surface area contributed by atoms with E-state index in [2.05, 4.69) is 32.8 Å². The molecule has 0 saturated heterocycles. The Morgan fingerprint density at radius 3 is 1.65 bits per heavy atom. The van der Waals surface area contributed by atoms with Crippen molar-refractivity contribution < 1.29 is 0 Å². The van der Waals surface area contributed by atoms with Crippen LogP contribution in [0, 0.1) is 11.8 Å². The Morgan fingerprint density at radius 1 is 0.696 bits per heavy atom. The minimum Gasteiger partial charge on any atom is -0.306 e. The molecule has 0 radical (unpaired) electrons. The summed E-state index contributed by atoms with van der Waals surface area (Å²) in [4.78, 5) is 2.46. The van der Waals surface area contributed by atoms with Gasteiger partial charge in [0.1, 0.15) is 0 Å². The third kappa shape index (κ3) is 9.13. The lowest BCUT2D eigenvalue weighted by Crippen LogP contribution is -2.34. The molecule has 1 nitrogen and oxygen atoms in total. The molecule has 1 fully saturated rings. The van der Waals surface area contributed by atoms with Crippen molar-refractivity contribution in [1.82, 2.24) is 4.90 Å².